The molecule has 0 aliphatic heterocycles. The molecule has 0 unspecified atom stereocenters. The predicted octanol–water partition coefficient (Wildman–Crippen LogP) is 4.32. The van der Waals surface area contributed by atoms with E-state index in [0.29, 0.717) is 5.03 Å². The third-order valence-corrected chi connectivity index (χ3v) is 4.27. The maximum atomic E-state index is 12.4. The number of halogens is 3. The van der Waals surface area contributed by atoms with E-state index in [9.17, 15) is 13.2 Å². The number of thioether (sulfide) groups is 1. The van der Waals surface area contributed by atoms with Gasteiger partial charge in [0.2, 0.25) is 0 Å². The van der Waals surface area contributed by atoms with Gasteiger partial charge in [-0.15, -0.1) is 11.8 Å². The second kappa shape index (κ2) is 7.15. The molecule has 0 fully saturated rings. The Labute approximate surface area is 127 Å². The molecule has 1 rings (SSSR count). The zero-order valence-corrected chi connectivity index (χ0v) is 12.9. The van der Waals surface area contributed by atoms with Crippen LogP contribution in [0.15, 0.2) is 23.4 Å². The Hall–Kier alpha value is -1.24. The molecule has 0 radical (unpaired) electrons. The maximum Gasteiger partial charge on any atom is 0.417 e. The number of rotatable bonds is 7. The minimum Gasteiger partial charge on any atom is -0.387 e. The topological polar surface area (TPSA) is 62.8 Å². The number of amidine groups is 1. The summed E-state index contributed by atoms with van der Waals surface area (Å²) in [5, 5.41) is 8.04. The molecule has 0 spiro atoms. The first-order valence-electron chi connectivity index (χ1n) is 6.63. The molecule has 1 aromatic heterocycles. The summed E-state index contributed by atoms with van der Waals surface area (Å²) < 4.78 is 37.1. The fraction of sp³-hybridized carbons (Fsp3) is 0.571. The largest absolute Gasteiger partial charge is 0.417 e. The molecular weight excluding hydrogens is 299 g/mol. The highest BCUT2D eigenvalue weighted by Gasteiger charge is 2.30. The Morgan fingerprint density at radius 1 is 1.29 bits per heavy atom. The number of alkyl halides is 3. The number of unbranched alkanes of at least 4 members (excludes halogenated alkanes) is 1. The van der Waals surface area contributed by atoms with Crippen molar-refractivity contribution in [3.8, 4) is 0 Å². The molecule has 21 heavy (non-hydrogen) atoms. The lowest BCUT2D eigenvalue weighted by molar-refractivity contribution is -0.137. The molecule has 0 saturated carbocycles. The van der Waals surface area contributed by atoms with Gasteiger partial charge < -0.3 is 5.73 Å². The summed E-state index contributed by atoms with van der Waals surface area (Å²) in [6.45, 7) is 3.86. The van der Waals surface area contributed by atoms with Crippen molar-refractivity contribution < 1.29 is 13.2 Å². The van der Waals surface area contributed by atoms with Crippen LogP contribution in [-0.4, -0.2) is 16.6 Å². The van der Waals surface area contributed by atoms with Crippen LogP contribution >= 0.6 is 11.8 Å². The fourth-order valence-corrected chi connectivity index (χ4v) is 2.46. The first kappa shape index (κ1) is 17.8. The molecule has 0 bridgehead atoms. The predicted molar refractivity (Wildman–Crippen MR) is 79.5 cm³/mol. The number of pyridine rings is 1. The van der Waals surface area contributed by atoms with Crippen LogP contribution in [-0.2, 0) is 6.18 Å². The van der Waals surface area contributed by atoms with Crippen LogP contribution in [0.4, 0.5) is 13.2 Å². The van der Waals surface area contributed by atoms with Gasteiger partial charge in [-0.2, -0.15) is 13.2 Å². The molecule has 0 saturated heterocycles. The van der Waals surface area contributed by atoms with Crippen LogP contribution < -0.4 is 5.73 Å². The molecule has 0 aromatic carbocycles. The van der Waals surface area contributed by atoms with E-state index in [-0.39, 0.29) is 11.3 Å². The van der Waals surface area contributed by atoms with Crippen LogP contribution in [0.3, 0.4) is 0 Å². The fourth-order valence-electron chi connectivity index (χ4n) is 1.61. The van der Waals surface area contributed by atoms with Gasteiger partial charge >= 0.3 is 6.18 Å². The highest BCUT2D eigenvalue weighted by molar-refractivity contribution is 7.99. The molecule has 0 aliphatic carbocycles. The standard InChI is InChI=1S/C14H20F3N3S/c1-13(2,12(18)19)7-3-4-8-21-11-6-5-10(9-20-11)14(15,16)17/h5-6,9H,3-4,7-8H2,1-2H3,(H3,18,19). The minimum absolute atomic E-state index is 0.180. The Bertz CT molecular complexity index is 469. The number of nitrogens with zero attached hydrogens (tertiary/aromatic N) is 1. The Balaban J connectivity index is 2.32. The lowest BCUT2D eigenvalue weighted by Gasteiger charge is -2.22. The molecule has 0 aliphatic rings. The van der Waals surface area contributed by atoms with Crippen LogP contribution in [0.1, 0.15) is 38.7 Å². The Morgan fingerprint density at radius 2 is 1.95 bits per heavy atom. The minimum atomic E-state index is -4.34. The van der Waals surface area contributed by atoms with Gasteiger partial charge in [0.1, 0.15) is 0 Å². The van der Waals surface area contributed by atoms with E-state index in [4.69, 9.17) is 11.1 Å². The van der Waals surface area contributed by atoms with Crippen molar-refractivity contribution in [2.24, 2.45) is 11.1 Å². The molecule has 0 atom stereocenters. The van der Waals surface area contributed by atoms with Crippen molar-refractivity contribution >= 4 is 17.6 Å². The van der Waals surface area contributed by atoms with Gasteiger partial charge in [0.15, 0.2) is 0 Å². The second-order valence-corrected chi connectivity index (χ2v) is 6.60. The van der Waals surface area contributed by atoms with Gasteiger partial charge in [0.25, 0.3) is 0 Å². The summed E-state index contributed by atoms with van der Waals surface area (Å²) in [5.41, 5.74) is 4.48. The van der Waals surface area contributed by atoms with E-state index < -0.39 is 11.7 Å². The third-order valence-electron chi connectivity index (χ3n) is 3.24. The number of nitrogens with two attached hydrogens (primary N) is 1. The quantitative estimate of drug-likeness (QED) is 0.340. The monoisotopic (exact) mass is 319 g/mol. The van der Waals surface area contributed by atoms with Crippen molar-refractivity contribution in [1.82, 2.24) is 4.98 Å². The lowest BCUT2D eigenvalue weighted by atomic mass is 9.86. The molecule has 1 aromatic rings. The summed E-state index contributed by atoms with van der Waals surface area (Å²) in [6, 6.07) is 2.45. The third kappa shape index (κ3) is 5.95. The Kier molecular flexibility index (Phi) is 6.07. The maximum absolute atomic E-state index is 12.4. The number of hydrogen-bond donors (Lipinski definition) is 2. The average Bonchev–Trinajstić information content (AvgIpc) is 2.37. The van der Waals surface area contributed by atoms with Gasteiger partial charge in [0.05, 0.1) is 16.4 Å². The zero-order valence-electron chi connectivity index (χ0n) is 12.1. The van der Waals surface area contributed by atoms with Gasteiger partial charge in [-0.05, 0) is 30.7 Å². The van der Waals surface area contributed by atoms with Crippen LogP contribution in [0, 0.1) is 10.8 Å². The highest BCUT2D eigenvalue weighted by atomic mass is 32.2. The first-order valence-corrected chi connectivity index (χ1v) is 7.62. The van der Waals surface area contributed by atoms with E-state index in [0.717, 1.165) is 37.3 Å². The average molecular weight is 319 g/mol. The first-order chi connectivity index (χ1) is 9.63. The summed E-state index contributed by atoms with van der Waals surface area (Å²) >= 11 is 1.44. The molecule has 3 nitrogen and oxygen atoms in total. The summed E-state index contributed by atoms with van der Waals surface area (Å²) in [4.78, 5) is 3.81. The van der Waals surface area contributed by atoms with Gasteiger partial charge in [-0.25, -0.2) is 4.98 Å². The van der Waals surface area contributed by atoms with E-state index >= 15 is 0 Å². The number of aromatic nitrogens is 1. The van der Waals surface area contributed by atoms with Crippen molar-refractivity contribution in [2.45, 2.75) is 44.3 Å². The SMILES string of the molecule is CC(C)(CCCCSc1ccc(C(F)(F)F)cn1)C(=N)N. The normalized spacial score (nSPS) is 12.4. The van der Waals surface area contributed by atoms with Crippen LogP contribution in [0.2, 0.25) is 0 Å². The Morgan fingerprint density at radius 3 is 2.43 bits per heavy atom. The molecule has 1 heterocycles. The summed E-state index contributed by atoms with van der Waals surface area (Å²) in [5.74, 6) is 0.964. The van der Waals surface area contributed by atoms with E-state index in [1.54, 1.807) is 0 Å². The van der Waals surface area contributed by atoms with Gasteiger partial charge in [-0.1, -0.05) is 20.3 Å². The van der Waals surface area contributed by atoms with Crippen LogP contribution in [0.25, 0.3) is 0 Å². The smallest absolute Gasteiger partial charge is 0.387 e. The van der Waals surface area contributed by atoms with Crippen molar-refractivity contribution in [3.63, 3.8) is 0 Å². The summed E-state index contributed by atoms with van der Waals surface area (Å²) in [6.07, 6.45) is -0.830. The molecule has 0 amide bonds. The molecular formula is C14H20F3N3S. The molecule has 7 heteroatoms. The van der Waals surface area contributed by atoms with Gasteiger partial charge in [0, 0.05) is 11.6 Å². The van der Waals surface area contributed by atoms with E-state index in [1.807, 2.05) is 13.8 Å². The van der Waals surface area contributed by atoms with Crippen molar-refractivity contribution in [2.75, 3.05) is 5.75 Å². The van der Waals surface area contributed by atoms with E-state index in [1.165, 1.54) is 17.8 Å². The van der Waals surface area contributed by atoms with Crippen molar-refractivity contribution in [1.29, 1.82) is 5.41 Å². The summed E-state index contributed by atoms with van der Waals surface area (Å²) in [7, 11) is 0. The zero-order chi connectivity index (χ0) is 16.1. The number of hydrogen-bond acceptors (Lipinski definition) is 3. The second-order valence-electron chi connectivity index (χ2n) is 5.49. The number of nitrogens with one attached hydrogen (secondary N) is 1. The molecule has 3 N–H and O–H groups in total. The molecule has 118 valence electrons. The highest BCUT2D eigenvalue weighted by Crippen LogP contribution is 2.30. The van der Waals surface area contributed by atoms with Gasteiger partial charge in [-0.3, -0.25) is 5.41 Å². The van der Waals surface area contributed by atoms with Crippen LogP contribution in [0.5, 0.6) is 0 Å². The lowest BCUT2D eigenvalue weighted by Crippen LogP contribution is -2.30. The van der Waals surface area contributed by atoms with Crippen molar-refractivity contribution in [3.05, 3.63) is 23.9 Å². The van der Waals surface area contributed by atoms with E-state index in [2.05, 4.69) is 4.98 Å².